The minimum absolute atomic E-state index is 0.293. The highest BCUT2D eigenvalue weighted by Gasteiger charge is 2.36. The lowest BCUT2D eigenvalue weighted by atomic mass is 9.93. The van der Waals surface area contributed by atoms with Gasteiger partial charge in [0.2, 0.25) is 0 Å². The fraction of sp³-hybridized carbons (Fsp3) is 0.400. The number of pyridine rings is 1. The molecular weight excluding hydrogens is 332 g/mol. The molecule has 3 rings (SSSR count). The van der Waals surface area contributed by atoms with E-state index in [1.54, 1.807) is 20.4 Å². The zero-order valence-corrected chi connectivity index (χ0v) is 15.1. The molecule has 0 aliphatic carbocycles. The van der Waals surface area contributed by atoms with E-state index in [1.165, 1.54) is 0 Å². The van der Waals surface area contributed by atoms with Crippen LogP contribution in [0.15, 0.2) is 42.6 Å². The van der Waals surface area contributed by atoms with Gasteiger partial charge < -0.3 is 14.6 Å². The van der Waals surface area contributed by atoms with E-state index >= 15 is 0 Å². The Labute approximate surface area is 153 Å². The summed E-state index contributed by atoms with van der Waals surface area (Å²) in [5.41, 5.74) is 1.70. The smallest absolute Gasteiger partial charge is 0.320 e. The first-order valence-corrected chi connectivity index (χ1v) is 8.77. The number of methoxy groups -OCH3 is 2. The highest BCUT2D eigenvalue weighted by atomic mass is 16.5. The first kappa shape index (κ1) is 18.2. The van der Waals surface area contributed by atoms with Crippen molar-refractivity contribution < 1.29 is 19.4 Å². The number of hydrogen-bond acceptors (Lipinski definition) is 5. The molecule has 1 aromatic heterocycles. The number of benzene rings is 1. The Morgan fingerprint density at radius 3 is 2.73 bits per heavy atom. The van der Waals surface area contributed by atoms with Gasteiger partial charge in [-0.3, -0.25) is 14.7 Å². The van der Waals surface area contributed by atoms with Crippen LogP contribution in [0.4, 0.5) is 0 Å². The predicted molar refractivity (Wildman–Crippen MR) is 97.6 cm³/mol. The summed E-state index contributed by atoms with van der Waals surface area (Å²) in [6.45, 7) is 0.702. The summed E-state index contributed by atoms with van der Waals surface area (Å²) in [6.07, 6.45) is 4.25. The molecule has 1 fully saturated rings. The number of aromatic nitrogens is 1. The number of carboxylic acids is 1. The molecule has 26 heavy (non-hydrogen) atoms. The predicted octanol–water partition coefficient (Wildman–Crippen LogP) is 3.13. The first-order valence-electron chi connectivity index (χ1n) is 8.77. The van der Waals surface area contributed by atoms with Crippen LogP contribution in [0.3, 0.4) is 0 Å². The second kappa shape index (κ2) is 8.19. The normalized spacial score (nSPS) is 18.9. The minimum atomic E-state index is -0.793. The zero-order chi connectivity index (χ0) is 18.5. The Bertz CT molecular complexity index is 751. The van der Waals surface area contributed by atoms with E-state index in [9.17, 15) is 9.90 Å². The van der Waals surface area contributed by atoms with Crippen LogP contribution in [0.25, 0.3) is 0 Å². The van der Waals surface area contributed by atoms with Gasteiger partial charge in [0.25, 0.3) is 0 Å². The van der Waals surface area contributed by atoms with Gasteiger partial charge in [-0.1, -0.05) is 12.5 Å². The van der Waals surface area contributed by atoms with Crippen molar-refractivity contribution in [2.75, 3.05) is 20.8 Å². The molecule has 2 aromatic rings. The van der Waals surface area contributed by atoms with Crippen LogP contribution in [-0.4, -0.2) is 47.8 Å². The Morgan fingerprint density at radius 2 is 2.08 bits per heavy atom. The van der Waals surface area contributed by atoms with Gasteiger partial charge >= 0.3 is 5.97 Å². The number of ether oxygens (including phenoxy) is 2. The Kier molecular flexibility index (Phi) is 5.73. The summed E-state index contributed by atoms with van der Waals surface area (Å²) >= 11 is 0. The fourth-order valence-corrected chi connectivity index (χ4v) is 3.62. The van der Waals surface area contributed by atoms with E-state index in [4.69, 9.17) is 9.47 Å². The molecule has 1 N–H and O–H groups in total. The molecule has 0 spiro atoms. The molecule has 1 aromatic carbocycles. The molecule has 0 bridgehead atoms. The summed E-state index contributed by atoms with van der Waals surface area (Å²) in [7, 11) is 3.22. The molecule has 1 aliphatic rings. The summed E-state index contributed by atoms with van der Waals surface area (Å²) in [4.78, 5) is 18.4. The van der Waals surface area contributed by atoms with Crippen molar-refractivity contribution in [3.8, 4) is 11.5 Å². The van der Waals surface area contributed by atoms with Crippen molar-refractivity contribution in [2.45, 2.75) is 31.3 Å². The Morgan fingerprint density at radius 1 is 1.23 bits per heavy atom. The van der Waals surface area contributed by atoms with Crippen molar-refractivity contribution in [3.63, 3.8) is 0 Å². The molecule has 2 heterocycles. The molecule has 138 valence electrons. The number of piperidine rings is 1. The van der Waals surface area contributed by atoms with Crippen LogP contribution in [0.1, 0.15) is 36.6 Å². The van der Waals surface area contributed by atoms with Gasteiger partial charge in [-0.15, -0.1) is 0 Å². The van der Waals surface area contributed by atoms with Gasteiger partial charge in [0.1, 0.15) is 17.5 Å². The highest BCUT2D eigenvalue weighted by molar-refractivity contribution is 5.73. The largest absolute Gasteiger partial charge is 0.497 e. The van der Waals surface area contributed by atoms with E-state index in [0.29, 0.717) is 24.5 Å². The van der Waals surface area contributed by atoms with Crippen LogP contribution in [-0.2, 0) is 4.79 Å². The van der Waals surface area contributed by atoms with Crippen molar-refractivity contribution >= 4 is 5.97 Å². The lowest BCUT2D eigenvalue weighted by Crippen LogP contribution is -2.47. The molecule has 1 aliphatic heterocycles. The molecule has 6 heteroatoms. The van der Waals surface area contributed by atoms with Gasteiger partial charge in [0.15, 0.2) is 0 Å². The van der Waals surface area contributed by atoms with Gasteiger partial charge in [-0.2, -0.15) is 0 Å². The van der Waals surface area contributed by atoms with Gasteiger partial charge in [0, 0.05) is 17.8 Å². The van der Waals surface area contributed by atoms with Crippen LogP contribution in [0.2, 0.25) is 0 Å². The standard InChI is InChI=1S/C20H24N2O4/c1-25-14-9-10-15(18(13-14)26-2)19(16-7-3-5-11-21-16)22-12-6-4-8-17(22)20(23)24/h3,5,7,9-11,13,17,19H,4,6,8,12H2,1-2H3,(H,23,24). The van der Waals surface area contributed by atoms with Crippen LogP contribution in [0.5, 0.6) is 11.5 Å². The van der Waals surface area contributed by atoms with Gasteiger partial charge in [0.05, 0.1) is 26.0 Å². The van der Waals surface area contributed by atoms with Crippen molar-refractivity contribution in [2.24, 2.45) is 0 Å². The third kappa shape index (κ3) is 3.65. The average molecular weight is 356 g/mol. The van der Waals surface area contributed by atoms with E-state index in [2.05, 4.69) is 4.98 Å². The maximum absolute atomic E-state index is 11.9. The number of carbonyl (C=O) groups is 1. The third-order valence-corrected chi connectivity index (χ3v) is 4.86. The molecule has 2 atom stereocenters. The van der Waals surface area contributed by atoms with Crippen LogP contribution < -0.4 is 9.47 Å². The van der Waals surface area contributed by atoms with E-state index in [1.807, 2.05) is 41.3 Å². The SMILES string of the molecule is COc1ccc(C(c2ccccn2)N2CCCCC2C(=O)O)c(OC)c1. The van der Waals surface area contributed by atoms with Crippen molar-refractivity contribution in [1.82, 2.24) is 9.88 Å². The summed E-state index contributed by atoms with van der Waals surface area (Å²) in [6, 6.07) is 10.5. The third-order valence-electron chi connectivity index (χ3n) is 4.86. The molecule has 1 saturated heterocycles. The fourth-order valence-electron chi connectivity index (χ4n) is 3.62. The van der Waals surface area contributed by atoms with Gasteiger partial charge in [-0.25, -0.2) is 0 Å². The summed E-state index contributed by atoms with van der Waals surface area (Å²) < 4.78 is 10.9. The second-order valence-electron chi connectivity index (χ2n) is 6.35. The number of carboxylic acid groups (broad SMARTS) is 1. The monoisotopic (exact) mass is 356 g/mol. The molecule has 2 unspecified atom stereocenters. The maximum Gasteiger partial charge on any atom is 0.320 e. The molecule has 0 saturated carbocycles. The molecule has 0 radical (unpaired) electrons. The lowest BCUT2D eigenvalue weighted by molar-refractivity contribution is -0.145. The van der Waals surface area contributed by atoms with E-state index in [0.717, 1.165) is 24.1 Å². The minimum Gasteiger partial charge on any atom is -0.497 e. The lowest BCUT2D eigenvalue weighted by Gasteiger charge is -2.39. The van der Waals surface area contributed by atoms with Gasteiger partial charge in [-0.05, 0) is 43.7 Å². The first-order chi connectivity index (χ1) is 12.7. The topological polar surface area (TPSA) is 71.9 Å². The molecule has 6 nitrogen and oxygen atoms in total. The second-order valence-corrected chi connectivity index (χ2v) is 6.35. The van der Waals surface area contributed by atoms with E-state index < -0.39 is 12.0 Å². The number of likely N-dealkylation sites (tertiary alicyclic amines) is 1. The zero-order valence-electron chi connectivity index (χ0n) is 15.1. The maximum atomic E-state index is 11.9. The number of hydrogen-bond donors (Lipinski definition) is 1. The van der Waals surface area contributed by atoms with E-state index in [-0.39, 0.29) is 6.04 Å². The van der Waals surface area contributed by atoms with Crippen molar-refractivity contribution in [1.29, 1.82) is 0 Å². The number of nitrogens with zero attached hydrogens (tertiary/aromatic N) is 2. The molecular formula is C20H24N2O4. The van der Waals surface area contributed by atoms with Crippen LogP contribution in [0, 0.1) is 0 Å². The average Bonchev–Trinajstić information content (AvgIpc) is 2.69. The van der Waals surface area contributed by atoms with Crippen LogP contribution >= 0.6 is 0 Å². The Hall–Kier alpha value is -2.60. The quantitative estimate of drug-likeness (QED) is 0.857. The molecule has 0 amide bonds. The summed E-state index contributed by atoms with van der Waals surface area (Å²) in [5, 5.41) is 9.75. The van der Waals surface area contributed by atoms with Crippen molar-refractivity contribution in [3.05, 3.63) is 53.9 Å². The summed E-state index contributed by atoms with van der Waals surface area (Å²) in [5.74, 6) is 0.562. The Balaban J connectivity index is 2.11. The highest BCUT2D eigenvalue weighted by Crippen LogP contribution is 2.39. The number of aliphatic carboxylic acids is 1. The number of rotatable bonds is 6.